The Morgan fingerprint density at radius 1 is 1.21 bits per heavy atom. The predicted molar refractivity (Wildman–Crippen MR) is 90.5 cm³/mol. The van der Waals surface area contributed by atoms with E-state index in [1.807, 2.05) is 11.1 Å². The summed E-state index contributed by atoms with van der Waals surface area (Å²) in [5.74, 6) is 1.27. The van der Waals surface area contributed by atoms with Gasteiger partial charge in [-0.25, -0.2) is 4.98 Å². The number of carbonyl (C=O) groups is 1. The lowest BCUT2D eigenvalue weighted by molar-refractivity contribution is -0.135. The van der Waals surface area contributed by atoms with Crippen molar-refractivity contribution >= 4 is 5.91 Å². The van der Waals surface area contributed by atoms with Crippen LogP contribution in [0.5, 0.6) is 0 Å². The van der Waals surface area contributed by atoms with Gasteiger partial charge < -0.3 is 14.2 Å². The van der Waals surface area contributed by atoms with Crippen LogP contribution in [0.4, 0.5) is 0 Å². The van der Waals surface area contributed by atoms with Crippen LogP contribution in [0.1, 0.15) is 56.6 Å². The van der Waals surface area contributed by atoms with Gasteiger partial charge in [-0.15, -0.1) is 0 Å². The quantitative estimate of drug-likeness (QED) is 0.827. The largest absolute Gasteiger partial charge is 0.365 e. The fourth-order valence-electron chi connectivity index (χ4n) is 4.21. The smallest absolute Gasteiger partial charge is 0.248 e. The van der Waals surface area contributed by atoms with Crippen molar-refractivity contribution in [3.05, 3.63) is 17.7 Å². The Hall–Kier alpha value is -1.40. The number of amides is 1. The zero-order chi connectivity index (χ0) is 16.5. The summed E-state index contributed by atoms with van der Waals surface area (Å²) in [7, 11) is 0. The molecule has 24 heavy (non-hydrogen) atoms. The summed E-state index contributed by atoms with van der Waals surface area (Å²) in [5, 5.41) is 0. The maximum absolute atomic E-state index is 12.0. The van der Waals surface area contributed by atoms with Gasteiger partial charge in [-0.05, 0) is 32.6 Å². The lowest BCUT2D eigenvalue weighted by Gasteiger charge is -2.43. The molecule has 6 heteroatoms. The van der Waals surface area contributed by atoms with Crippen LogP contribution < -0.4 is 0 Å². The SMILES string of the molecule is C[C@H]1c2ncc(COCC(=O)N3CCCC3)n2CCN1C1CCC1. The lowest BCUT2D eigenvalue weighted by Crippen LogP contribution is -2.47. The number of aromatic nitrogens is 2. The first-order valence-corrected chi connectivity index (χ1v) is 9.39. The molecule has 2 aliphatic heterocycles. The van der Waals surface area contributed by atoms with E-state index >= 15 is 0 Å². The van der Waals surface area contributed by atoms with Crippen molar-refractivity contribution in [2.24, 2.45) is 0 Å². The van der Waals surface area contributed by atoms with Gasteiger partial charge in [0.05, 0.1) is 24.5 Å². The molecule has 132 valence electrons. The van der Waals surface area contributed by atoms with Crippen molar-refractivity contribution in [3.8, 4) is 0 Å². The molecular formula is C18H28N4O2. The number of hydrogen-bond acceptors (Lipinski definition) is 4. The van der Waals surface area contributed by atoms with Gasteiger partial charge in [-0.2, -0.15) is 0 Å². The molecule has 2 fully saturated rings. The summed E-state index contributed by atoms with van der Waals surface area (Å²) in [5.41, 5.74) is 1.10. The van der Waals surface area contributed by atoms with Gasteiger partial charge in [0, 0.05) is 32.2 Å². The Labute approximate surface area is 143 Å². The van der Waals surface area contributed by atoms with Gasteiger partial charge in [-0.3, -0.25) is 9.69 Å². The van der Waals surface area contributed by atoms with E-state index in [4.69, 9.17) is 4.74 Å². The lowest BCUT2D eigenvalue weighted by atomic mass is 9.90. The number of carbonyl (C=O) groups excluding carboxylic acids is 1. The van der Waals surface area contributed by atoms with Crippen LogP contribution in [-0.4, -0.2) is 57.5 Å². The molecule has 0 unspecified atom stereocenters. The fourth-order valence-corrected chi connectivity index (χ4v) is 4.21. The molecule has 4 rings (SSSR count). The van der Waals surface area contributed by atoms with Crippen LogP contribution >= 0.6 is 0 Å². The second-order valence-corrected chi connectivity index (χ2v) is 7.34. The molecule has 0 bridgehead atoms. The second kappa shape index (κ2) is 6.84. The summed E-state index contributed by atoms with van der Waals surface area (Å²) in [6, 6.07) is 1.13. The third-order valence-electron chi connectivity index (χ3n) is 5.90. The molecule has 1 amide bonds. The number of imidazole rings is 1. The molecule has 0 N–H and O–H groups in total. The Morgan fingerprint density at radius 3 is 2.71 bits per heavy atom. The van der Waals surface area contributed by atoms with Crippen LogP contribution in [0.25, 0.3) is 0 Å². The van der Waals surface area contributed by atoms with Crippen molar-refractivity contribution in [3.63, 3.8) is 0 Å². The zero-order valence-electron chi connectivity index (χ0n) is 14.6. The van der Waals surface area contributed by atoms with Crippen LogP contribution in [-0.2, 0) is 22.7 Å². The highest BCUT2D eigenvalue weighted by Gasteiger charge is 2.34. The van der Waals surface area contributed by atoms with Crippen molar-refractivity contribution in [1.82, 2.24) is 19.4 Å². The van der Waals surface area contributed by atoms with Crippen molar-refractivity contribution < 1.29 is 9.53 Å². The topological polar surface area (TPSA) is 50.6 Å². The first-order valence-electron chi connectivity index (χ1n) is 9.39. The molecule has 0 aromatic carbocycles. The van der Waals surface area contributed by atoms with E-state index in [-0.39, 0.29) is 12.5 Å². The highest BCUT2D eigenvalue weighted by atomic mass is 16.5. The highest BCUT2D eigenvalue weighted by molar-refractivity contribution is 5.77. The van der Waals surface area contributed by atoms with Crippen LogP contribution in [0.15, 0.2) is 6.20 Å². The first-order chi connectivity index (χ1) is 11.7. The molecule has 1 saturated heterocycles. The number of fused-ring (bicyclic) bond motifs is 1. The third-order valence-corrected chi connectivity index (χ3v) is 5.90. The van der Waals surface area contributed by atoms with Crippen molar-refractivity contribution in [2.75, 3.05) is 26.2 Å². The standard InChI is InChI=1S/C18H28N4O2/c1-14-18-19-11-16(12-24-13-17(23)20-7-2-3-8-20)22(18)10-9-21(14)15-5-4-6-15/h11,14-15H,2-10,12-13H2,1H3/t14-/m0/s1. The van der Waals surface area contributed by atoms with Crippen LogP contribution in [0.2, 0.25) is 0 Å². The maximum atomic E-state index is 12.0. The van der Waals surface area contributed by atoms with E-state index in [1.165, 1.54) is 19.3 Å². The summed E-state index contributed by atoms with van der Waals surface area (Å²) in [6.07, 6.45) is 8.21. The fraction of sp³-hybridized carbons (Fsp3) is 0.778. The third kappa shape index (κ3) is 2.97. The minimum atomic E-state index is 0.121. The van der Waals surface area contributed by atoms with Gasteiger partial charge in [-0.1, -0.05) is 6.42 Å². The normalized spacial score (nSPS) is 24.9. The molecule has 1 saturated carbocycles. The summed E-state index contributed by atoms with van der Waals surface area (Å²) < 4.78 is 7.99. The van der Waals surface area contributed by atoms with Gasteiger partial charge in [0.1, 0.15) is 12.4 Å². The van der Waals surface area contributed by atoms with E-state index < -0.39 is 0 Å². The summed E-state index contributed by atoms with van der Waals surface area (Å²) in [4.78, 5) is 21.2. The minimum Gasteiger partial charge on any atom is -0.365 e. The summed E-state index contributed by atoms with van der Waals surface area (Å²) >= 11 is 0. The van der Waals surface area contributed by atoms with Gasteiger partial charge in [0.25, 0.3) is 0 Å². The Bertz CT molecular complexity index is 590. The number of rotatable bonds is 5. The number of nitrogens with zero attached hydrogens (tertiary/aromatic N) is 4. The van der Waals surface area contributed by atoms with E-state index in [9.17, 15) is 4.79 Å². The molecule has 6 nitrogen and oxygen atoms in total. The maximum Gasteiger partial charge on any atom is 0.248 e. The molecule has 1 aliphatic carbocycles. The Balaban J connectivity index is 1.33. The van der Waals surface area contributed by atoms with Crippen LogP contribution in [0.3, 0.4) is 0 Å². The molecular weight excluding hydrogens is 304 g/mol. The average Bonchev–Trinajstić information content (AvgIpc) is 3.18. The minimum absolute atomic E-state index is 0.121. The molecule has 1 aromatic rings. The van der Waals surface area contributed by atoms with Crippen molar-refractivity contribution in [2.45, 2.75) is 64.3 Å². The van der Waals surface area contributed by atoms with Gasteiger partial charge in [0.15, 0.2) is 0 Å². The van der Waals surface area contributed by atoms with E-state index in [2.05, 4.69) is 21.4 Å². The molecule has 3 aliphatic rings. The van der Waals surface area contributed by atoms with E-state index in [0.29, 0.717) is 12.6 Å². The predicted octanol–water partition coefficient (Wildman–Crippen LogP) is 1.95. The molecule has 1 aromatic heterocycles. The average molecular weight is 332 g/mol. The second-order valence-electron chi connectivity index (χ2n) is 7.34. The van der Waals surface area contributed by atoms with Gasteiger partial charge in [0.2, 0.25) is 5.91 Å². The van der Waals surface area contributed by atoms with Gasteiger partial charge >= 0.3 is 0 Å². The monoisotopic (exact) mass is 332 g/mol. The highest BCUT2D eigenvalue weighted by Crippen LogP contribution is 2.34. The van der Waals surface area contributed by atoms with Crippen LogP contribution in [0, 0.1) is 0 Å². The molecule has 3 heterocycles. The van der Waals surface area contributed by atoms with E-state index in [0.717, 1.165) is 56.6 Å². The van der Waals surface area contributed by atoms with E-state index in [1.54, 1.807) is 0 Å². The summed E-state index contributed by atoms with van der Waals surface area (Å²) in [6.45, 7) is 6.77. The Kier molecular flexibility index (Phi) is 4.59. The Morgan fingerprint density at radius 2 is 2.00 bits per heavy atom. The number of ether oxygens (including phenoxy) is 1. The molecule has 1 atom stereocenters. The first kappa shape index (κ1) is 16.1. The molecule has 0 spiro atoms. The number of hydrogen-bond donors (Lipinski definition) is 0. The molecule has 0 radical (unpaired) electrons. The number of likely N-dealkylation sites (tertiary alicyclic amines) is 1. The zero-order valence-corrected chi connectivity index (χ0v) is 14.6. The van der Waals surface area contributed by atoms with Crippen molar-refractivity contribution in [1.29, 1.82) is 0 Å².